The van der Waals surface area contributed by atoms with Crippen LogP contribution in [-0.2, 0) is 5.33 Å². The van der Waals surface area contributed by atoms with Crippen LogP contribution in [0.5, 0.6) is 0 Å². The van der Waals surface area contributed by atoms with Gasteiger partial charge in [-0.15, -0.1) is 5.69 Å². The smallest absolute Gasteiger partial charge is 0.593 e. The van der Waals surface area contributed by atoms with E-state index in [4.69, 9.17) is 22.3 Å². The molecular weight excluding hydrogens is 441 g/mol. The maximum absolute atomic E-state index is 9.12. The van der Waals surface area contributed by atoms with Crippen LogP contribution in [0.3, 0.4) is 0 Å². The normalized spacial score (nSPS) is 14.2. The Labute approximate surface area is 210 Å². The molecule has 2 aromatic rings. The van der Waals surface area contributed by atoms with Gasteiger partial charge in [0.15, 0.2) is 0 Å². The number of hydrogen-bond acceptors (Lipinski definition) is 4. The summed E-state index contributed by atoms with van der Waals surface area (Å²) in [5.74, 6) is 0.606. The van der Waals surface area contributed by atoms with Crippen LogP contribution in [0.2, 0.25) is 5.02 Å². The van der Waals surface area contributed by atoms with E-state index in [1.807, 2.05) is 35.3 Å². The van der Waals surface area contributed by atoms with Crippen molar-refractivity contribution in [3.05, 3.63) is 52.3 Å². The van der Waals surface area contributed by atoms with Crippen molar-refractivity contribution in [2.45, 2.75) is 43.5 Å². The first-order valence-electron chi connectivity index (χ1n) is 8.29. The number of aromatic nitrogens is 2. The molecule has 8 heteroatoms. The standard InChI is InChI=1S/C18H18BrClN5.K/c19-10-13-6-8-14(9-7-13)24-25(15-4-2-1-3-5-15)18-16(20)12-22-17(11-21)23-18;/h6-9,12,15H,1-5,10H2;/q-1;+1. The van der Waals surface area contributed by atoms with Gasteiger partial charge >= 0.3 is 51.4 Å². The number of rotatable bonds is 5. The molecule has 0 atom stereocenters. The second-order valence-electron chi connectivity index (χ2n) is 6.01. The van der Waals surface area contributed by atoms with Crippen molar-refractivity contribution in [2.75, 3.05) is 5.01 Å². The first kappa shape index (κ1) is 22.1. The molecule has 0 aliphatic heterocycles. The SMILES string of the molecule is N#Cc1ncc(Cl)c(N([N-]c2ccc(CBr)cc2)C2CCCCC2)n1.[K+]. The molecule has 1 saturated carbocycles. The molecule has 0 N–H and O–H groups in total. The number of hydrogen-bond donors (Lipinski definition) is 0. The molecule has 130 valence electrons. The van der Waals surface area contributed by atoms with Crippen LogP contribution in [-0.4, -0.2) is 16.0 Å². The molecule has 26 heavy (non-hydrogen) atoms. The molecule has 0 bridgehead atoms. The zero-order valence-corrected chi connectivity index (χ0v) is 20.2. The maximum Gasteiger partial charge on any atom is 1.00 e. The second kappa shape index (κ2) is 11.0. The van der Waals surface area contributed by atoms with E-state index < -0.39 is 0 Å². The predicted molar refractivity (Wildman–Crippen MR) is 103 cm³/mol. The monoisotopic (exact) mass is 457 g/mol. The summed E-state index contributed by atoms with van der Waals surface area (Å²) in [6, 6.07) is 10.2. The molecule has 0 spiro atoms. The average Bonchev–Trinajstić information content (AvgIpc) is 2.68. The van der Waals surface area contributed by atoms with Crippen LogP contribution in [0.4, 0.5) is 11.5 Å². The van der Waals surface area contributed by atoms with E-state index in [1.54, 1.807) is 0 Å². The van der Waals surface area contributed by atoms with Crippen LogP contribution >= 0.6 is 27.5 Å². The Bertz CT molecular complexity index is 759. The van der Waals surface area contributed by atoms with Crippen LogP contribution in [0, 0.1) is 11.3 Å². The van der Waals surface area contributed by atoms with E-state index in [0.29, 0.717) is 10.8 Å². The zero-order valence-electron chi connectivity index (χ0n) is 14.7. The molecule has 1 aromatic carbocycles. The van der Waals surface area contributed by atoms with Crippen LogP contribution in [0.1, 0.15) is 43.5 Å². The van der Waals surface area contributed by atoms with Gasteiger partial charge in [-0.05, 0) is 18.4 Å². The van der Waals surface area contributed by atoms with Crippen molar-refractivity contribution < 1.29 is 51.4 Å². The number of nitriles is 1. The Morgan fingerprint density at radius 2 is 1.92 bits per heavy atom. The maximum atomic E-state index is 9.12. The average molecular weight is 459 g/mol. The molecule has 3 rings (SSSR count). The van der Waals surface area contributed by atoms with Gasteiger partial charge in [-0.1, -0.05) is 71.1 Å². The molecule has 0 amide bonds. The minimum atomic E-state index is 0. The van der Waals surface area contributed by atoms with Crippen LogP contribution in [0.25, 0.3) is 5.43 Å². The van der Waals surface area contributed by atoms with E-state index in [1.165, 1.54) is 18.2 Å². The molecule has 0 saturated heterocycles. The molecule has 1 heterocycles. The van der Waals surface area contributed by atoms with E-state index in [-0.39, 0.29) is 63.3 Å². The minimum absolute atomic E-state index is 0. The molecule has 1 aromatic heterocycles. The Balaban J connectivity index is 0.00000243. The van der Waals surface area contributed by atoms with Crippen molar-refractivity contribution >= 4 is 39.0 Å². The predicted octanol–water partition coefficient (Wildman–Crippen LogP) is 2.66. The third-order valence-corrected chi connectivity index (χ3v) is 5.19. The Kier molecular flexibility index (Phi) is 9.31. The third-order valence-electron chi connectivity index (χ3n) is 4.28. The molecular formula is C18H18BrClKN5. The quantitative estimate of drug-likeness (QED) is 0.392. The molecule has 1 aliphatic carbocycles. The fourth-order valence-electron chi connectivity index (χ4n) is 2.98. The van der Waals surface area contributed by atoms with Crippen molar-refractivity contribution in [3.8, 4) is 6.07 Å². The summed E-state index contributed by atoms with van der Waals surface area (Å²) < 4.78 is 0. The topological polar surface area (TPSA) is 66.9 Å². The second-order valence-corrected chi connectivity index (χ2v) is 6.98. The van der Waals surface area contributed by atoms with Crippen molar-refractivity contribution in [2.24, 2.45) is 0 Å². The van der Waals surface area contributed by atoms with Gasteiger partial charge < -0.3 is 10.4 Å². The van der Waals surface area contributed by atoms with Crippen LogP contribution < -0.4 is 56.4 Å². The fraction of sp³-hybridized carbons (Fsp3) is 0.389. The van der Waals surface area contributed by atoms with E-state index >= 15 is 0 Å². The van der Waals surface area contributed by atoms with Gasteiger partial charge in [-0.3, -0.25) is 0 Å². The summed E-state index contributed by atoms with van der Waals surface area (Å²) in [6.07, 6.45) is 7.10. The van der Waals surface area contributed by atoms with E-state index in [9.17, 15) is 0 Å². The Morgan fingerprint density at radius 3 is 2.54 bits per heavy atom. The first-order valence-corrected chi connectivity index (χ1v) is 9.79. The molecule has 5 nitrogen and oxygen atoms in total. The summed E-state index contributed by atoms with van der Waals surface area (Å²) in [4.78, 5) is 8.25. The minimum Gasteiger partial charge on any atom is -0.593 e. The summed E-state index contributed by atoms with van der Waals surface area (Å²) in [7, 11) is 0. The number of benzene rings is 1. The van der Waals surface area contributed by atoms with Crippen LogP contribution in [0.15, 0.2) is 30.5 Å². The van der Waals surface area contributed by atoms with Crippen molar-refractivity contribution in [1.82, 2.24) is 9.97 Å². The molecule has 1 aliphatic rings. The van der Waals surface area contributed by atoms with Gasteiger partial charge in [0.2, 0.25) is 5.82 Å². The van der Waals surface area contributed by atoms with Crippen molar-refractivity contribution in [1.29, 1.82) is 5.26 Å². The molecule has 1 fully saturated rings. The summed E-state index contributed by atoms with van der Waals surface area (Å²) in [6.45, 7) is 0. The van der Waals surface area contributed by atoms with Gasteiger partial charge in [-0.2, -0.15) is 5.26 Å². The van der Waals surface area contributed by atoms with Gasteiger partial charge in [0.25, 0.3) is 0 Å². The molecule has 0 unspecified atom stereocenters. The van der Waals surface area contributed by atoms with Gasteiger partial charge in [0.05, 0.1) is 6.20 Å². The Hall–Kier alpha value is -0.204. The zero-order chi connectivity index (χ0) is 17.6. The van der Waals surface area contributed by atoms with E-state index in [2.05, 4.69) is 25.9 Å². The molecule has 0 radical (unpaired) electrons. The number of alkyl halides is 1. The largest absolute Gasteiger partial charge is 1.00 e. The van der Waals surface area contributed by atoms with Gasteiger partial charge in [0.1, 0.15) is 16.9 Å². The van der Waals surface area contributed by atoms with Gasteiger partial charge in [0, 0.05) is 11.4 Å². The van der Waals surface area contributed by atoms with E-state index in [0.717, 1.165) is 36.7 Å². The number of anilines is 1. The number of nitrogens with zero attached hydrogens (tertiary/aromatic N) is 5. The first-order chi connectivity index (χ1) is 12.2. The summed E-state index contributed by atoms with van der Waals surface area (Å²) >= 11 is 9.79. The number of halogens is 2. The third kappa shape index (κ3) is 5.65. The van der Waals surface area contributed by atoms with Gasteiger partial charge in [-0.25, -0.2) is 9.97 Å². The summed E-state index contributed by atoms with van der Waals surface area (Å²) in [5, 5.41) is 12.2. The Morgan fingerprint density at radius 1 is 1.23 bits per heavy atom. The summed E-state index contributed by atoms with van der Waals surface area (Å²) in [5.41, 5.74) is 6.82. The van der Waals surface area contributed by atoms with Crippen molar-refractivity contribution in [3.63, 3.8) is 0 Å². The fourth-order valence-corrected chi connectivity index (χ4v) is 3.53.